The van der Waals surface area contributed by atoms with Gasteiger partial charge in [0, 0.05) is 12.1 Å². The fourth-order valence-corrected chi connectivity index (χ4v) is 2.19. The lowest BCUT2D eigenvalue weighted by Gasteiger charge is -2.16. The van der Waals surface area contributed by atoms with Gasteiger partial charge in [-0.1, -0.05) is 30.3 Å². The number of rotatable bonds is 9. The first kappa shape index (κ1) is 22.3. The summed E-state index contributed by atoms with van der Waals surface area (Å²) in [5.41, 5.74) is 0.575. The minimum Gasteiger partial charge on any atom is -0.445 e. The number of ether oxygens (including phenoxy) is 2. The van der Waals surface area contributed by atoms with Gasteiger partial charge in [0.15, 0.2) is 0 Å². The van der Waals surface area contributed by atoms with Gasteiger partial charge in [0.2, 0.25) is 5.91 Å². The molecule has 11 heteroatoms. The normalized spacial score (nSPS) is 11.1. The number of nitro benzene ring substituents is 1. The van der Waals surface area contributed by atoms with Crippen LogP contribution in [-0.4, -0.2) is 47.2 Å². The Labute approximate surface area is 170 Å². The van der Waals surface area contributed by atoms with Crippen molar-refractivity contribution >= 4 is 23.7 Å². The van der Waals surface area contributed by atoms with E-state index < -0.39 is 42.1 Å². The molecule has 1 atom stereocenters. The molecule has 11 nitrogen and oxygen atoms in total. The second-order valence-electron chi connectivity index (χ2n) is 5.88. The fraction of sp³-hybridized carbons (Fsp3) is 0.211. The van der Waals surface area contributed by atoms with E-state index >= 15 is 0 Å². The molecule has 2 amide bonds. The van der Waals surface area contributed by atoms with Gasteiger partial charge in [-0.3, -0.25) is 14.9 Å². The molecule has 0 bridgehead atoms. The van der Waals surface area contributed by atoms with E-state index in [0.29, 0.717) is 0 Å². The highest BCUT2D eigenvalue weighted by Crippen LogP contribution is 2.17. The SMILES string of the molecule is O=C(CNC(=O)C(CO)NC(=O)OCc1ccccc1)Oc1ccc([N+](=O)[O-])cc1. The number of carbonyl (C=O) groups is 3. The lowest BCUT2D eigenvalue weighted by Crippen LogP contribution is -2.50. The van der Waals surface area contributed by atoms with E-state index in [1.807, 2.05) is 6.07 Å². The lowest BCUT2D eigenvalue weighted by molar-refractivity contribution is -0.384. The molecule has 0 spiro atoms. The molecule has 0 heterocycles. The van der Waals surface area contributed by atoms with Gasteiger partial charge in [0.05, 0.1) is 11.5 Å². The number of alkyl carbamates (subject to hydrolysis) is 1. The summed E-state index contributed by atoms with van der Waals surface area (Å²) in [6, 6.07) is 12.3. The first-order valence-electron chi connectivity index (χ1n) is 8.70. The summed E-state index contributed by atoms with van der Waals surface area (Å²) in [5, 5.41) is 24.3. The molecular formula is C19H19N3O8. The molecule has 2 rings (SSSR count). The second kappa shape index (κ2) is 11.1. The van der Waals surface area contributed by atoms with Crippen molar-refractivity contribution < 1.29 is 33.9 Å². The standard InChI is InChI=1S/C19H19N3O8/c23-11-16(21-19(26)29-12-13-4-2-1-3-5-13)18(25)20-10-17(24)30-15-8-6-14(7-9-15)22(27)28/h1-9,16,23H,10-12H2,(H,20,25)(H,21,26). The number of esters is 1. The number of nitro groups is 1. The third-order valence-electron chi connectivity index (χ3n) is 3.69. The number of aliphatic hydroxyl groups is 1. The summed E-state index contributed by atoms with van der Waals surface area (Å²) < 4.78 is 9.89. The summed E-state index contributed by atoms with van der Waals surface area (Å²) in [7, 11) is 0. The van der Waals surface area contributed by atoms with E-state index in [9.17, 15) is 29.6 Å². The maximum absolute atomic E-state index is 12.0. The number of aliphatic hydroxyl groups excluding tert-OH is 1. The summed E-state index contributed by atoms with van der Waals surface area (Å²) >= 11 is 0. The molecule has 2 aromatic carbocycles. The van der Waals surface area contributed by atoms with Crippen LogP contribution in [0.25, 0.3) is 0 Å². The highest BCUT2D eigenvalue weighted by Gasteiger charge is 2.21. The van der Waals surface area contributed by atoms with E-state index in [0.717, 1.165) is 17.7 Å². The van der Waals surface area contributed by atoms with Crippen LogP contribution in [0.5, 0.6) is 5.75 Å². The number of amides is 2. The predicted molar refractivity (Wildman–Crippen MR) is 102 cm³/mol. The molecular weight excluding hydrogens is 398 g/mol. The van der Waals surface area contributed by atoms with Gasteiger partial charge >= 0.3 is 12.1 Å². The molecule has 30 heavy (non-hydrogen) atoms. The van der Waals surface area contributed by atoms with Gasteiger partial charge in [0.1, 0.15) is 24.9 Å². The van der Waals surface area contributed by atoms with Crippen LogP contribution in [-0.2, 0) is 20.9 Å². The predicted octanol–water partition coefficient (Wildman–Crippen LogP) is 0.904. The van der Waals surface area contributed by atoms with Crippen molar-refractivity contribution in [3.8, 4) is 5.75 Å². The van der Waals surface area contributed by atoms with E-state index in [4.69, 9.17) is 9.47 Å². The molecule has 0 saturated carbocycles. The van der Waals surface area contributed by atoms with E-state index in [1.165, 1.54) is 12.1 Å². The van der Waals surface area contributed by atoms with Crippen molar-refractivity contribution in [2.45, 2.75) is 12.6 Å². The van der Waals surface area contributed by atoms with Crippen LogP contribution < -0.4 is 15.4 Å². The zero-order valence-electron chi connectivity index (χ0n) is 15.6. The Bertz CT molecular complexity index is 886. The van der Waals surface area contributed by atoms with Gasteiger partial charge in [-0.05, 0) is 17.7 Å². The molecule has 0 aromatic heterocycles. The average Bonchev–Trinajstić information content (AvgIpc) is 2.75. The monoisotopic (exact) mass is 417 g/mol. The molecule has 0 radical (unpaired) electrons. The Hall–Kier alpha value is -3.99. The van der Waals surface area contributed by atoms with Crippen LogP contribution >= 0.6 is 0 Å². The van der Waals surface area contributed by atoms with Gasteiger partial charge in [-0.25, -0.2) is 9.59 Å². The van der Waals surface area contributed by atoms with E-state index in [-0.39, 0.29) is 18.0 Å². The van der Waals surface area contributed by atoms with Gasteiger partial charge in [-0.2, -0.15) is 0 Å². The molecule has 0 aliphatic carbocycles. The minimum absolute atomic E-state index is 0.0198. The van der Waals surface area contributed by atoms with Crippen molar-refractivity contribution in [2.75, 3.05) is 13.2 Å². The summed E-state index contributed by atoms with van der Waals surface area (Å²) in [6.45, 7) is -1.29. The van der Waals surface area contributed by atoms with Crippen LogP contribution in [0.2, 0.25) is 0 Å². The van der Waals surface area contributed by atoms with Crippen LogP contribution in [0.15, 0.2) is 54.6 Å². The molecule has 0 fully saturated rings. The van der Waals surface area contributed by atoms with Crippen LogP contribution in [0, 0.1) is 10.1 Å². The molecule has 1 unspecified atom stereocenters. The van der Waals surface area contributed by atoms with Crippen molar-refractivity contribution in [3.63, 3.8) is 0 Å². The number of carbonyl (C=O) groups excluding carboxylic acids is 3. The number of nitrogens with zero attached hydrogens (tertiary/aromatic N) is 1. The summed E-state index contributed by atoms with van der Waals surface area (Å²) in [4.78, 5) is 45.6. The zero-order chi connectivity index (χ0) is 21.9. The first-order valence-corrected chi connectivity index (χ1v) is 8.70. The number of nitrogens with one attached hydrogen (secondary N) is 2. The number of benzene rings is 2. The number of non-ortho nitro benzene ring substituents is 1. The lowest BCUT2D eigenvalue weighted by atomic mass is 10.2. The Morgan fingerprint density at radius 2 is 1.73 bits per heavy atom. The summed E-state index contributed by atoms with van der Waals surface area (Å²) in [6.07, 6.45) is -0.915. The van der Waals surface area contributed by atoms with Crippen LogP contribution in [0.1, 0.15) is 5.56 Å². The van der Waals surface area contributed by atoms with Crippen molar-refractivity contribution in [1.82, 2.24) is 10.6 Å². The topological polar surface area (TPSA) is 157 Å². The Balaban J connectivity index is 1.76. The maximum Gasteiger partial charge on any atom is 0.408 e. The van der Waals surface area contributed by atoms with Crippen LogP contribution in [0.3, 0.4) is 0 Å². The molecule has 3 N–H and O–H groups in total. The molecule has 0 aliphatic rings. The van der Waals surface area contributed by atoms with Gasteiger partial charge in [0.25, 0.3) is 5.69 Å². The second-order valence-corrected chi connectivity index (χ2v) is 5.88. The largest absolute Gasteiger partial charge is 0.445 e. The maximum atomic E-state index is 12.0. The third-order valence-corrected chi connectivity index (χ3v) is 3.69. The van der Waals surface area contributed by atoms with Gasteiger partial charge < -0.3 is 25.2 Å². The van der Waals surface area contributed by atoms with Crippen LogP contribution in [0.4, 0.5) is 10.5 Å². The zero-order valence-corrected chi connectivity index (χ0v) is 15.6. The first-order chi connectivity index (χ1) is 14.4. The number of hydrogen-bond acceptors (Lipinski definition) is 8. The Morgan fingerprint density at radius 3 is 2.33 bits per heavy atom. The van der Waals surface area contributed by atoms with Gasteiger partial charge in [-0.15, -0.1) is 0 Å². The van der Waals surface area contributed by atoms with E-state index in [1.54, 1.807) is 24.3 Å². The Kier molecular flexibility index (Phi) is 8.27. The fourth-order valence-electron chi connectivity index (χ4n) is 2.19. The smallest absolute Gasteiger partial charge is 0.408 e. The third kappa shape index (κ3) is 7.20. The quantitative estimate of drug-likeness (QED) is 0.235. The molecule has 158 valence electrons. The highest BCUT2D eigenvalue weighted by atomic mass is 16.6. The van der Waals surface area contributed by atoms with Crippen molar-refractivity contribution in [1.29, 1.82) is 0 Å². The Morgan fingerprint density at radius 1 is 1.07 bits per heavy atom. The molecule has 0 saturated heterocycles. The molecule has 2 aromatic rings. The van der Waals surface area contributed by atoms with Crippen molar-refractivity contribution in [2.24, 2.45) is 0 Å². The van der Waals surface area contributed by atoms with Crippen molar-refractivity contribution in [3.05, 3.63) is 70.3 Å². The highest BCUT2D eigenvalue weighted by molar-refractivity contribution is 5.88. The molecule has 0 aliphatic heterocycles. The number of hydrogen-bond donors (Lipinski definition) is 3. The van der Waals surface area contributed by atoms with E-state index in [2.05, 4.69) is 10.6 Å². The minimum atomic E-state index is -1.33. The summed E-state index contributed by atoms with van der Waals surface area (Å²) in [5.74, 6) is -1.61. The average molecular weight is 417 g/mol.